The van der Waals surface area contributed by atoms with Gasteiger partial charge >= 0.3 is 0 Å². The van der Waals surface area contributed by atoms with Crippen LogP contribution in [0.5, 0.6) is 0 Å². The van der Waals surface area contributed by atoms with Gasteiger partial charge in [-0.15, -0.1) is 0 Å². The lowest BCUT2D eigenvalue weighted by Crippen LogP contribution is -2.23. The van der Waals surface area contributed by atoms with Gasteiger partial charge in [-0.25, -0.2) is 4.39 Å². The molecule has 2 atom stereocenters. The summed E-state index contributed by atoms with van der Waals surface area (Å²) in [4.78, 5) is 0. The molecule has 0 spiro atoms. The predicted molar refractivity (Wildman–Crippen MR) is 80.5 cm³/mol. The van der Waals surface area contributed by atoms with Crippen LogP contribution in [0.15, 0.2) is 42.5 Å². The van der Waals surface area contributed by atoms with Crippen molar-refractivity contribution < 1.29 is 4.39 Å². The summed E-state index contributed by atoms with van der Waals surface area (Å²) in [7, 11) is 0. The number of rotatable bonds is 3. The molecule has 0 fully saturated rings. The van der Waals surface area contributed by atoms with Crippen LogP contribution in [0.25, 0.3) is 0 Å². The van der Waals surface area contributed by atoms with Gasteiger partial charge in [0.15, 0.2) is 0 Å². The van der Waals surface area contributed by atoms with E-state index in [0.717, 1.165) is 34.6 Å². The Hall–Kier alpha value is -1.38. The summed E-state index contributed by atoms with van der Waals surface area (Å²) in [6, 6.07) is 13.6. The third-order valence-corrected chi connectivity index (χ3v) is 4.25. The van der Waals surface area contributed by atoms with Crippen LogP contribution in [0.2, 0.25) is 5.02 Å². The Kier molecular flexibility index (Phi) is 3.77. The minimum Gasteiger partial charge on any atom is -0.303 e. The number of nitrogens with one attached hydrogen (secondary N) is 1. The number of halogens is 2. The van der Waals surface area contributed by atoms with Crippen LogP contribution in [0, 0.1) is 5.82 Å². The first-order chi connectivity index (χ1) is 9.65. The lowest BCUT2D eigenvalue weighted by molar-refractivity contribution is 0.465. The maximum Gasteiger partial charge on any atom is 0.126 e. The summed E-state index contributed by atoms with van der Waals surface area (Å²) in [5, 5.41) is 4.32. The number of hydrogen-bond acceptors (Lipinski definition) is 1. The molecule has 1 N–H and O–H groups in total. The van der Waals surface area contributed by atoms with Crippen molar-refractivity contribution in [1.82, 2.24) is 5.32 Å². The maximum absolute atomic E-state index is 13.7. The second-order valence-electron chi connectivity index (χ2n) is 5.34. The molecule has 0 amide bonds. The van der Waals surface area contributed by atoms with Crippen molar-refractivity contribution in [2.75, 3.05) is 0 Å². The van der Waals surface area contributed by atoms with E-state index in [1.807, 2.05) is 24.3 Å². The second kappa shape index (κ2) is 5.55. The van der Waals surface area contributed by atoms with E-state index in [1.165, 1.54) is 0 Å². The molecule has 2 aromatic rings. The molecule has 0 radical (unpaired) electrons. The van der Waals surface area contributed by atoms with Gasteiger partial charge in [-0.3, -0.25) is 0 Å². The molecule has 2 unspecified atom stereocenters. The van der Waals surface area contributed by atoms with Crippen LogP contribution >= 0.6 is 11.6 Å². The van der Waals surface area contributed by atoms with Crippen LogP contribution in [-0.4, -0.2) is 0 Å². The predicted octanol–water partition coefficient (Wildman–Crippen LogP) is 4.82. The highest BCUT2D eigenvalue weighted by Crippen LogP contribution is 2.34. The summed E-state index contributed by atoms with van der Waals surface area (Å²) < 4.78 is 13.7. The van der Waals surface area contributed by atoms with Crippen molar-refractivity contribution >= 4 is 11.6 Å². The fourth-order valence-electron chi connectivity index (χ4n) is 2.96. The van der Waals surface area contributed by atoms with E-state index in [-0.39, 0.29) is 17.9 Å². The van der Waals surface area contributed by atoms with Gasteiger partial charge in [-0.2, -0.15) is 0 Å². The van der Waals surface area contributed by atoms with Crippen molar-refractivity contribution in [1.29, 1.82) is 0 Å². The monoisotopic (exact) mass is 289 g/mol. The van der Waals surface area contributed by atoms with Gasteiger partial charge in [0.1, 0.15) is 5.82 Å². The fourth-order valence-corrected chi connectivity index (χ4v) is 3.16. The van der Waals surface area contributed by atoms with Crippen molar-refractivity contribution in [3.63, 3.8) is 0 Å². The molecule has 0 saturated carbocycles. The maximum atomic E-state index is 13.7. The van der Waals surface area contributed by atoms with Gasteiger partial charge < -0.3 is 5.32 Å². The normalized spacial score (nSPS) is 18.9. The van der Waals surface area contributed by atoms with Crippen molar-refractivity contribution in [2.24, 2.45) is 0 Å². The Balaban J connectivity index is 1.79. The fraction of sp³-hybridized carbons (Fsp3) is 0.294. The molecule has 3 rings (SSSR count). The topological polar surface area (TPSA) is 12.0 Å². The molecule has 104 valence electrons. The van der Waals surface area contributed by atoms with Gasteiger partial charge in [0.05, 0.1) is 0 Å². The lowest BCUT2D eigenvalue weighted by Gasteiger charge is -2.21. The summed E-state index contributed by atoms with van der Waals surface area (Å²) >= 11 is 6.03. The highest BCUT2D eigenvalue weighted by molar-refractivity contribution is 6.30. The van der Waals surface area contributed by atoms with Crippen LogP contribution in [0.3, 0.4) is 0 Å². The summed E-state index contributed by atoms with van der Waals surface area (Å²) in [6.45, 7) is 2.11. The Labute approximate surface area is 123 Å². The van der Waals surface area contributed by atoms with Crippen molar-refractivity contribution in [3.8, 4) is 0 Å². The first-order valence-electron chi connectivity index (χ1n) is 6.94. The standard InChI is InChI=1S/C17H17ClFN/c1-11(12-4-2-5-13(18)10-12)20-17-9-8-14-15(17)6-3-7-16(14)19/h2-7,10-11,17,20H,8-9H2,1H3. The highest BCUT2D eigenvalue weighted by atomic mass is 35.5. The van der Waals surface area contributed by atoms with E-state index < -0.39 is 0 Å². The van der Waals surface area contributed by atoms with Gasteiger partial charge in [-0.05, 0) is 54.7 Å². The molecule has 3 heteroatoms. The minimum atomic E-state index is -0.0813. The average Bonchev–Trinajstić information content (AvgIpc) is 2.83. The van der Waals surface area contributed by atoms with E-state index >= 15 is 0 Å². The zero-order valence-corrected chi connectivity index (χ0v) is 12.1. The Morgan fingerprint density at radius 2 is 2.05 bits per heavy atom. The lowest BCUT2D eigenvalue weighted by atomic mass is 10.0. The largest absolute Gasteiger partial charge is 0.303 e. The second-order valence-corrected chi connectivity index (χ2v) is 5.78. The average molecular weight is 290 g/mol. The number of fused-ring (bicyclic) bond motifs is 1. The molecule has 0 aromatic heterocycles. The third kappa shape index (κ3) is 2.58. The molecule has 2 aromatic carbocycles. The summed E-state index contributed by atoms with van der Waals surface area (Å²) in [6.07, 6.45) is 1.75. The van der Waals surface area contributed by atoms with Gasteiger partial charge in [0.25, 0.3) is 0 Å². The van der Waals surface area contributed by atoms with Crippen molar-refractivity contribution in [2.45, 2.75) is 31.8 Å². The van der Waals surface area contributed by atoms with Crippen molar-refractivity contribution in [3.05, 3.63) is 70.0 Å². The van der Waals surface area contributed by atoms with Gasteiger partial charge in [0.2, 0.25) is 0 Å². The quantitative estimate of drug-likeness (QED) is 0.854. The molecule has 1 aliphatic rings. The molecule has 1 aliphatic carbocycles. The number of benzene rings is 2. The molecule has 0 saturated heterocycles. The summed E-state index contributed by atoms with van der Waals surface area (Å²) in [5.74, 6) is -0.0813. The molecule has 0 heterocycles. The van der Waals surface area contributed by atoms with E-state index in [4.69, 9.17) is 11.6 Å². The third-order valence-electron chi connectivity index (χ3n) is 4.01. The molecule has 20 heavy (non-hydrogen) atoms. The Morgan fingerprint density at radius 3 is 2.85 bits per heavy atom. The zero-order valence-electron chi connectivity index (χ0n) is 11.4. The highest BCUT2D eigenvalue weighted by Gasteiger charge is 2.25. The molecular weight excluding hydrogens is 273 g/mol. The van der Waals surface area contributed by atoms with Crippen LogP contribution in [0.1, 0.15) is 42.1 Å². The van der Waals surface area contributed by atoms with E-state index in [9.17, 15) is 4.39 Å². The van der Waals surface area contributed by atoms with E-state index in [1.54, 1.807) is 12.1 Å². The molecular formula is C17H17ClFN. The summed E-state index contributed by atoms with van der Waals surface area (Å²) in [5.41, 5.74) is 3.12. The molecule has 0 aliphatic heterocycles. The van der Waals surface area contributed by atoms with Crippen LogP contribution < -0.4 is 5.32 Å². The van der Waals surface area contributed by atoms with E-state index in [2.05, 4.69) is 18.3 Å². The number of hydrogen-bond donors (Lipinski definition) is 1. The van der Waals surface area contributed by atoms with Gasteiger partial charge in [-0.1, -0.05) is 35.9 Å². The smallest absolute Gasteiger partial charge is 0.126 e. The van der Waals surface area contributed by atoms with Crippen LogP contribution in [0.4, 0.5) is 4.39 Å². The minimum absolute atomic E-state index is 0.0813. The Bertz CT molecular complexity index is 626. The first kappa shape index (κ1) is 13.6. The van der Waals surface area contributed by atoms with Gasteiger partial charge in [0, 0.05) is 17.1 Å². The van der Waals surface area contributed by atoms with E-state index in [0.29, 0.717) is 0 Å². The Morgan fingerprint density at radius 1 is 1.25 bits per heavy atom. The molecule has 1 nitrogen and oxygen atoms in total. The first-order valence-corrected chi connectivity index (χ1v) is 7.32. The molecule has 0 bridgehead atoms. The van der Waals surface area contributed by atoms with Crippen LogP contribution in [-0.2, 0) is 6.42 Å². The zero-order chi connectivity index (χ0) is 14.1. The SMILES string of the molecule is CC(NC1CCc2c(F)cccc21)c1cccc(Cl)c1.